The van der Waals surface area contributed by atoms with E-state index < -0.39 is 10.1 Å². The molecule has 0 bridgehead atoms. The van der Waals surface area contributed by atoms with E-state index in [9.17, 15) is 13.7 Å². The molecule has 4 aromatic rings. The number of nitrogens with one attached hydrogen (secondary N) is 1. The molecule has 0 radical (unpaired) electrons. The first-order valence-corrected chi connectivity index (χ1v) is 12.0. The molecule has 0 atom stereocenters. The third kappa shape index (κ3) is 5.46. The highest BCUT2D eigenvalue weighted by Crippen LogP contribution is 2.34. The number of hydrogen-bond acceptors (Lipinski definition) is 7. The first kappa shape index (κ1) is 23.1. The summed E-state index contributed by atoms with van der Waals surface area (Å²) in [5, 5.41) is 17.2. The number of aryl methyl sites for hydroxylation is 1. The van der Waals surface area contributed by atoms with Crippen molar-refractivity contribution in [1.29, 1.82) is 5.26 Å². The number of benzene rings is 2. The van der Waals surface area contributed by atoms with Gasteiger partial charge in [-0.25, -0.2) is 4.52 Å². The zero-order valence-corrected chi connectivity index (χ0v) is 19.1. The van der Waals surface area contributed by atoms with Crippen molar-refractivity contribution in [3.05, 3.63) is 78.1 Å². The average Bonchev–Trinajstić information content (AvgIpc) is 3.14. The second kappa shape index (κ2) is 9.82. The third-order valence-electron chi connectivity index (χ3n) is 5.04. The molecule has 9 nitrogen and oxygen atoms in total. The molecule has 10 heteroatoms. The lowest BCUT2D eigenvalue weighted by Gasteiger charge is -2.12. The van der Waals surface area contributed by atoms with E-state index in [1.165, 1.54) is 6.20 Å². The van der Waals surface area contributed by atoms with Crippen molar-refractivity contribution in [2.45, 2.75) is 13.3 Å². The molecule has 0 aliphatic heterocycles. The molecule has 2 aromatic heterocycles. The van der Waals surface area contributed by atoms with E-state index in [4.69, 9.17) is 14.0 Å². The van der Waals surface area contributed by atoms with Crippen LogP contribution in [0.25, 0.3) is 5.52 Å². The Bertz CT molecular complexity index is 1440. The number of nitrogens with zero attached hydrogens (tertiary/aromatic N) is 3. The monoisotopic (exact) mass is 478 g/mol. The second-order valence-corrected chi connectivity index (χ2v) is 9.08. The summed E-state index contributed by atoms with van der Waals surface area (Å²) >= 11 is 0. The van der Waals surface area contributed by atoms with Crippen molar-refractivity contribution in [3.8, 4) is 23.3 Å². The summed E-state index contributed by atoms with van der Waals surface area (Å²) in [6, 6.07) is 19.0. The van der Waals surface area contributed by atoms with Gasteiger partial charge in [0.2, 0.25) is 0 Å². The van der Waals surface area contributed by atoms with Crippen LogP contribution in [-0.4, -0.2) is 34.9 Å². The Kier molecular flexibility index (Phi) is 6.67. The summed E-state index contributed by atoms with van der Waals surface area (Å²) in [4.78, 5) is 0. The van der Waals surface area contributed by atoms with Gasteiger partial charge in [0.05, 0.1) is 41.5 Å². The number of fused-ring (bicyclic) bond motifs is 1. The molecule has 0 aliphatic carbocycles. The molecule has 4 rings (SSSR count). The molecule has 0 saturated carbocycles. The minimum atomic E-state index is -4.04. The lowest BCUT2D eigenvalue weighted by atomic mass is 10.1. The summed E-state index contributed by atoms with van der Waals surface area (Å²) in [6.07, 6.45) is 3.27. The Morgan fingerprint density at radius 3 is 2.50 bits per heavy atom. The number of hydrogen-bond donors (Lipinski definition) is 2. The third-order valence-corrected chi connectivity index (χ3v) is 5.84. The van der Waals surface area contributed by atoms with E-state index in [-0.39, 0.29) is 18.8 Å². The van der Waals surface area contributed by atoms with Crippen LogP contribution in [0.1, 0.15) is 17.5 Å². The highest BCUT2D eigenvalue weighted by atomic mass is 32.2. The van der Waals surface area contributed by atoms with Crippen LogP contribution in [0.4, 0.5) is 11.4 Å². The smallest absolute Gasteiger partial charge is 0.264 e. The number of aromatic nitrogens is 2. The fraction of sp³-hybridized carbons (Fsp3) is 0.167. The maximum atomic E-state index is 10.9. The summed E-state index contributed by atoms with van der Waals surface area (Å²) in [7, 11) is -4.04. The predicted octanol–water partition coefficient (Wildman–Crippen LogP) is 4.71. The summed E-state index contributed by atoms with van der Waals surface area (Å²) in [5.41, 5.74) is 3.08. The molecule has 0 saturated heterocycles. The van der Waals surface area contributed by atoms with Crippen molar-refractivity contribution >= 4 is 27.0 Å². The SMILES string of the molecule is Cc1c(OCCCS(=O)(=O)O)cn2ncc(C#N)c(Nc3ccc(Oc4ccccc4)cc3)c12. The van der Waals surface area contributed by atoms with Gasteiger partial charge < -0.3 is 14.8 Å². The Morgan fingerprint density at radius 1 is 1.12 bits per heavy atom. The molecule has 174 valence electrons. The van der Waals surface area contributed by atoms with Crippen LogP contribution in [0.2, 0.25) is 0 Å². The highest BCUT2D eigenvalue weighted by Gasteiger charge is 2.17. The molecule has 0 fully saturated rings. The largest absolute Gasteiger partial charge is 0.492 e. The standard InChI is InChI=1S/C24H22N4O5S/c1-17-22(32-12-5-13-34(29,30)31)16-28-24(17)23(18(14-25)15-26-28)27-19-8-10-21(11-9-19)33-20-6-3-2-4-7-20/h2-4,6-11,15-16,27H,5,12-13H2,1H3,(H,29,30,31). The van der Waals surface area contributed by atoms with Gasteiger partial charge in [0.15, 0.2) is 0 Å². The summed E-state index contributed by atoms with van der Waals surface area (Å²) < 4.78 is 43.8. The van der Waals surface area contributed by atoms with Crippen molar-refractivity contribution < 1.29 is 22.4 Å². The molecule has 34 heavy (non-hydrogen) atoms. The Morgan fingerprint density at radius 2 is 1.82 bits per heavy atom. The van der Waals surface area contributed by atoms with Crippen LogP contribution in [0, 0.1) is 18.3 Å². The predicted molar refractivity (Wildman–Crippen MR) is 127 cm³/mol. The fourth-order valence-corrected chi connectivity index (χ4v) is 3.90. The van der Waals surface area contributed by atoms with Crippen LogP contribution >= 0.6 is 0 Å². The van der Waals surface area contributed by atoms with Gasteiger partial charge in [-0.15, -0.1) is 0 Å². The average molecular weight is 479 g/mol. The van der Waals surface area contributed by atoms with Gasteiger partial charge in [-0.1, -0.05) is 18.2 Å². The maximum absolute atomic E-state index is 10.9. The zero-order chi connectivity index (χ0) is 24.1. The lowest BCUT2D eigenvalue weighted by Crippen LogP contribution is -2.08. The summed E-state index contributed by atoms with van der Waals surface area (Å²) in [5.74, 6) is 1.54. The minimum absolute atomic E-state index is 0.105. The number of para-hydroxylation sites is 1. The lowest BCUT2D eigenvalue weighted by molar-refractivity contribution is 0.314. The van der Waals surface area contributed by atoms with Crippen molar-refractivity contribution in [1.82, 2.24) is 9.61 Å². The van der Waals surface area contributed by atoms with E-state index in [1.54, 1.807) is 10.7 Å². The van der Waals surface area contributed by atoms with E-state index >= 15 is 0 Å². The van der Waals surface area contributed by atoms with Crippen molar-refractivity contribution in [2.75, 3.05) is 17.7 Å². The number of rotatable bonds is 9. The Labute approximate surface area is 196 Å². The van der Waals surface area contributed by atoms with E-state index in [0.29, 0.717) is 28.3 Å². The molecule has 2 aromatic carbocycles. The topological polar surface area (TPSA) is 126 Å². The van der Waals surface area contributed by atoms with Gasteiger partial charge in [0.25, 0.3) is 10.1 Å². The van der Waals surface area contributed by atoms with E-state index in [1.807, 2.05) is 61.5 Å². The molecule has 0 unspecified atom stereocenters. The fourth-order valence-electron chi connectivity index (χ4n) is 3.42. The normalized spacial score (nSPS) is 11.2. The van der Waals surface area contributed by atoms with Crippen LogP contribution in [0.15, 0.2) is 67.0 Å². The molecule has 0 amide bonds. The molecular weight excluding hydrogens is 456 g/mol. The van der Waals surface area contributed by atoms with Gasteiger partial charge in [0, 0.05) is 11.3 Å². The number of nitriles is 1. The van der Waals surface area contributed by atoms with Gasteiger partial charge >= 0.3 is 0 Å². The molecule has 0 spiro atoms. The molecule has 0 aliphatic rings. The molecule has 2 heterocycles. The van der Waals surface area contributed by atoms with Crippen LogP contribution < -0.4 is 14.8 Å². The number of ether oxygens (including phenoxy) is 2. The minimum Gasteiger partial charge on any atom is -0.492 e. The van der Waals surface area contributed by atoms with Crippen molar-refractivity contribution in [2.24, 2.45) is 0 Å². The first-order valence-electron chi connectivity index (χ1n) is 10.4. The second-order valence-electron chi connectivity index (χ2n) is 7.51. The Hall–Kier alpha value is -4.07. The van der Waals surface area contributed by atoms with E-state index in [2.05, 4.69) is 16.5 Å². The highest BCUT2D eigenvalue weighted by molar-refractivity contribution is 7.85. The quantitative estimate of drug-likeness (QED) is 0.262. The van der Waals surface area contributed by atoms with Gasteiger partial charge in [0.1, 0.15) is 23.3 Å². The molecule has 2 N–H and O–H groups in total. The van der Waals surface area contributed by atoms with Gasteiger partial charge in [-0.2, -0.15) is 18.8 Å². The van der Waals surface area contributed by atoms with Crippen LogP contribution in [-0.2, 0) is 10.1 Å². The van der Waals surface area contributed by atoms with Crippen LogP contribution in [0.3, 0.4) is 0 Å². The molecular formula is C24H22N4O5S. The van der Waals surface area contributed by atoms with Gasteiger partial charge in [-0.05, 0) is 49.7 Å². The maximum Gasteiger partial charge on any atom is 0.264 e. The number of anilines is 2. The van der Waals surface area contributed by atoms with Crippen molar-refractivity contribution in [3.63, 3.8) is 0 Å². The van der Waals surface area contributed by atoms with Crippen LogP contribution in [0.5, 0.6) is 17.2 Å². The summed E-state index contributed by atoms with van der Waals surface area (Å²) in [6.45, 7) is 1.94. The Balaban J connectivity index is 1.56. The zero-order valence-electron chi connectivity index (χ0n) is 18.3. The van der Waals surface area contributed by atoms with E-state index in [0.717, 1.165) is 17.0 Å². The van der Waals surface area contributed by atoms with Gasteiger partial charge in [-0.3, -0.25) is 4.55 Å². The first-order chi connectivity index (χ1) is 16.3.